The maximum atomic E-state index is 12.1. The van der Waals surface area contributed by atoms with E-state index in [0.29, 0.717) is 17.3 Å². The van der Waals surface area contributed by atoms with Gasteiger partial charge in [0.15, 0.2) is 5.16 Å². The van der Waals surface area contributed by atoms with E-state index in [1.165, 1.54) is 11.8 Å². The fourth-order valence-corrected chi connectivity index (χ4v) is 3.80. The summed E-state index contributed by atoms with van der Waals surface area (Å²) in [6.45, 7) is 2.58. The zero-order chi connectivity index (χ0) is 17.6. The van der Waals surface area contributed by atoms with Crippen molar-refractivity contribution in [3.05, 3.63) is 57.0 Å². The van der Waals surface area contributed by atoms with Crippen molar-refractivity contribution in [2.45, 2.75) is 44.2 Å². The molecule has 0 bridgehead atoms. The highest BCUT2D eigenvalue weighted by molar-refractivity contribution is 7.99. The van der Waals surface area contributed by atoms with Gasteiger partial charge < -0.3 is 10.3 Å². The second kappa shape index (κ2) is 8.34. The van der Waals surface area contributed by atoms with E-state index in [-0.39, 0.29) is 11.5 Å². The average molecular weight is 357 g/mol. The number of carbonyl (C=O) groups is 1. The smallest absolute Gasteiger partial charge is 0.254 e. The molecule has 1 aromatic heterocycles. The Morgan fingerprint density at radius 3 is 3.00 bits per heavy atom. The van der Waals surface area contributed by atoms with Crippen LogP contribution in [0.15, 0.2) is 34.2 Å². The molecule has 1 heterocycles. The van der Waals surface area contributed by atoms with Gasteiger partial charge in [-0.1, -0.05) is 29.5 Å². The number of nitrogens with one attached hydrogen (secondary N) is 2. The molecule has 1 amide bonds. The van der Waals surface area contributed by atoms with Crippen molar-refractivity contribution in [2.75, 3.05) is 12.3 Å². The Morgan fingerprint density at radius 1 is 1.32 bits per heavy atom. The molecule has 0 radical (unpaired) electrons. The van der Waals surface area contributed by atoms with Gasteiger partial charge in [-0.25, -0.2) is 4.98 Å². The van der Waals surface area contributed by atoms with Crippen LogP contribution in [0.25, 0.3) is 0 Å². The van der Waals surface area contributed by atoms with Gasteiger partial charge in [-0.05, 0) is 51.2 Å². The maximum absolute atomic E-state index is 12.1. The third-order valence-electron chi connectivity index (χ3n) is 4.30. The van der Waals surface area contributed by atoms with Crippen molar-refractivity contribution in [3.8, 4) is 0 Å². The first kappa shape index (κ1) is 17.7. The fraction of sp³-hybridized carbons (Fsp3) is 0.421. The third kappa shape index (κ3) is 4.72. The van der Waals surface area contributed by atoms with Crippen LogP contribution in [0.3, 0.4) is 0 Å². The van der Waals surface area contributed by atoms with Crippen LogP contribution in [0.5, 0.6) is 0 Å². The molecule has 1 aromatic carbocycles. The van der Waals surface area contributed by atoms with E-state index in [2.05, 4.69) is 15.3 Å². The SMILES string of the molecule is Cc1cccc(C(=O)NCCCSc2nc3c(c(=O)[nH]2)CCCC3)c1. The minimum Gasteiger partial charge on any atom is -0.352 e. The number of fused-ring (bicyclic) bond motifs is 1. The summed E-state index contributed by atoms with van der Waals surface area (Å²) in [7, 11) is 0. The molecule has 1 aliphatic rings. The van der Waals surface area contributed by atoms with Crippen molar-refractivity contribution in [3.63, 3.8) is 0 Å². The summed E-state index contributed by atoms with van der Waals surface area (Å²) in [5.74, 6) is 0.754. The summed E-state index contributed by atoms with van der Waals surface area (Å²) in [4.78, 5) is 31.6. The van der Waals surface area contributed by atoms with Gasteiger partial charge >= 0.3 is 0 Å². The highest BCUT2D eigenvalue weighted by Gasteiger charge is 2.15. The molecule has 25 heavy (non-hydrogen) atoms. The number of hydrogen-bond acceptors (Lipinski definition) is 4. The summed E-state index contributed by atoms with van der Waals surface area (Å²) in [6, 6.07) is 7.56. The lowest BCUT2D eigenvalue weighted by Crippen LogP contribution is -2.25. The molecular formula is C19H23N3O2S. The summed E-state index contributed by atoms with van der Waals surface area (Å²) >= 11 is 1.54. The molecule has 0 atom stereocenters. The number of carbonyl (C=O) groups excluding carboxylic acids is 1. The van der Waals surface area contributed by atoms with Crippen molar-refractivity contribution < 1.29 is 4.79 Å². The molecule has 0 fully saturated rings. The normalized spacial score (nSPS) is 13.3. The van der Waals surface area contributed by atoms with E-state index in [9.17, 15) is 9.59 Å². The Balaban J connectivity index is 1.45. The first-order valence-electron chi connectivity index (χ1n) is 8.73. The van der Waals surface area contributed by atoms with Crippen LogP contribution in [0, 0.1) is 6.92 Å². The fourth-order valence-electron chi connectivity index (χ4n) is 2.98. The second-order valence-corrected chi connectivity index (χ2v) is 7.41. The molecule has 0 saturated carbocycles. The van der Waals surface area contributed by atoms with E-state index < -0.39 is 0 Å². The molecule has 2 aromatic rings. The second-order valence-electron chi connectivity index (χ2n) is 6.33. The highest BCUT2D eigenvalue weighted by atomic mass is 32.2. The molecule has 6 heteroatoms. The number of amides is 1. The van der Waals surface area contributed by atoms with Crippen LogP contribution < -0.4 is 10.9 Å². The number of hydrogen-bond donors (Lipinski definition) is 2. The predicted octanol–water partition coefficient (Wildman–Crippen LogP) is 2.87. The molecule has 3 rings (SSSR count). The Hall–Kier alpha value is -2.08. The quantitative estimate of drug-likeness (QED) is 0.474. The monoisotopic (exact) mass is 357 g/mol. The number of aromatic nitrogens is 2. The summed E-state index contributed by atoms with van der Waals surface area (Å²) in [5.41, 5.74) is 3.60. The number of nitrogens with zero attached hydrogens (tertiary/aromatic N) is 1. The third-order valence-corrected chi connectivity index (χ3v) is 5.26. The van der Waals surface area contributed by atoms with Gasteiger partial charge in [-0.15, -0.1) is 0 Å². The van der Waals surface area contributed by atoms with Gasteiger partial charge in [0.1, 0.15) is 0 Å². The van der Waals surface area contributed by atoms with E-state index in [1.54, 1.807) is 0 Å². The predicted molar refractivity (Wildman–Crippen MR) is 100 cm³/mol. The van der Waals surface area contributed by atoms with Crippen LogP contribution in [0.2, 0.25) is 0 Å². The summed E-state index contributed by atoms with van der Waals surface area (Å²) in [5, 5.41) is 3.62. The van der Waals surface area contributed by atoms with Gasteiger partial charge in [-0.2, -0.15) is 0 Å². The summed E-state index contributed by atoms with van der Waals surface area (Å²) < 4.78 is 0. The molecule has 132 valence electrons. The molecule has 2 N–H and O–H groups in total. The zero-order valence-electron chi connectivity index (χ0n) is 14.4. The molecule has 0 aliphatic heterocycles. The van der Waals surface area contributed by atoms with Gasteiger partial charge in [-0.3, -0.25) is 9.59 Å². The van der Waals surface area contributed by atoms with Crippen molar-refractivity contribution in [1.82, 2.24) is 15.3 Å². The Labute approximate surface area is 151 Å². The Bertz CT molecular complexity index is 817. The Kier molecular flexibility index (Phi) is 5.91. The van der Waals surface area contributed by atoms with E-state index >= 15 is 0 Å². The van der Waals surface area contributed by atoms with Crippen molar-refractivity contribution in [1.29, 1.82) is 0 Å². The lowest BCUT2D eigenvalue weighted by atomic mass is 9.97. The minimum atomic E-state index is -0.0472. The largest absolute Gasteiger partial charge is 0.352 e. The van der Waals surface area contributed by atoms with Gasteiger partial charge in [0.05, 0.1) is 5.69 Å². The molecule has 0 saturated heterocycles. The van der Waals surface area contributed by atoms with Crippen molar-refractivity contribution in [2.24, 2.45) is 0 Å². The highest BCUT2D eigenvalue weighted by Crippen LogP contribution is 2.19. The molecule has 0 unspecified atom stereocenters. The number of benzene rings is 1. The van der Waals surface area contributed by atoms with E-state index in [1.807, 2.05) is 31.2 Å². The molecule has 0 spiro atoms. The first-order valence-corrected chi connectivity index (χ1v) is 9.72. The van der Waals surface area contributed by atoms with Gasteiger partial charge in [0.25, 0.3) is 11.5 Å². The topological polar surface area (TPSA) is 74.8 Å². The van der Waals surface area contributed by atoms with Crippen LogP contribution in [0.1, 0.15) is 46.4 Å². The lowest BCUT2D eigenvalue weighted by Gasteiger charge is -2.14. The van der Waals surface area contributed by atoms with Crippen LogP contribution in [-0.4, -0.2) is 28.2 Å². The minimum absolute atomic E-state index is 0.0138. The standard InChI is InChI=1S/C19H23N3O2S/c1-13-6-4-7-14(12-13)17(23)20-10-5-11-25-19-21-16-9-3-2-8-15(16)18(24)22-19/h4,6-7,12H,2-3,5,8-11H2,1H3,(H,20,23)(H,21,22,24). The number of H-pyrrole nitrogens is 1. The Morgan fingerprint density at radius 2 is 2.16 bits per heavy atom. The zero-order valence-corrected chi connectivity index (χ0v) is 15.2. The number of rotatable bonds is 6. The van der Waals surface area contributed by atoms with E-state index in [4.69, 9.17) is 0 Å². The average Bonchev–Trinajstić information content (AvgIpc) is 2.61. The number of thioether (sulfide) groups is 1. The van der Waals surface area contributed by atoms with Gasteiger partial charge in [0, 0.05) is 23.4 Å². The number of aryl methyl sites for hydroxylation is 2. The molecule has 5 nitrogen and oxygen atoms in total. The molecular weight excluding hydrogens is 334 g/mol. The number of aromatic amines is 1. The lowest BCUT2D eigenvalue weighted by molar-refractivity contribution is 0.0953. The first-order chi connectivity index (χ1) is 12.1. The van der Waals surface area contributed by atoms with E-state index in [0.717, 1.165) is 54.7 Å². The van der Waals surface area contributed by atoms with Crippen molar-refractivity contribution >= 4 is 17.7 Å². The maximum Gasteiger partial charge on any atom is 0.254 e. The van der Waals surface area contributed by atoms with Crippen LogP contribution in [-0.2, 0) is 12.8 Å². The van der Waals surface area contributed by atoms with Crippen LogP contribution >= 0.6 is 11.8 Å². The summed E-state index contributed by atoms with van der Waals surface area (Å²) in [6.07, 6.45) is 4.75. The van der Waals surface area contributed by atoms with Gasteiger partial charge in [0.2, 0.25) is 0 Å². The van der Waals surface area contributed by atoms with Crippen LogP contribution in [0.4, 0.5) is 0 Å². The molecule has 1 aliphatic carbocycles.